The molecule has 5 heteroatoms. The minimum absolute atomic E-state index is 0.713. The second kappa shape index (κ2) is 5.38. The summed E-state index contributed by atoms with van der Waals surface area (Å²) in [5.74, 6) is 1.59. The lowest BCUT2D eigenvalue weighted by Crippen LogP contribution is -1.81. The van der Waals surface area contributed by atoms with Gasteiger partial charge in [-0.1, -0.05) is 35.5 Å². The lowest BCUT2D eigenvalue weighted by atomic mass is 10.2. The lowest BCUT2D eigenvalue weighted by molar-refractivity contribution is 0.974. The van der Waals surface area contributed by atoms with E-state index < -0.39 is 0 Å². The zero-order valence-electron chi connectivity index (χ0n) is 9.40. The van der Waals surface area contributed by atoms with Gasteiger partial charge in [-0.05, 0) is 31.2 Å². The van der Waals surface area contributed by atoms with Crippen molar-refractivity contribution in [2.24, 2.45) is 0 Å². The van der Waals surface area contributed by atoms with Crippen LogP contribution in [0.15, 0.2) is 41.6 Å². The number of benzene rings is 1. The summed E-state index contributed by atoms with van der Waals surface area (Å²) in [5.41, 5.74) is 2.08. The second-order valence-electron chi connectivity index (χ2n) is 3.72. The van der Waals surface area contributed by atoms with Crippen LogP contribution in [0.5, 0.6) is 0 Å². The van der Waals surface area contributed by atoms with Gasteiger partial charge in [0.05, 0.1) is 0 Å². The fourth-order valence-electron chi connectivity index (χ4n) is 1.24. The molecule has 1 aromatic heterocycles. The standard InChI is InChI=1S/C12H12ClN3S/c1-8(2)7-17-12-14-11(15-16-12)9-3-5-10(13)6-4-9/h3-6H,1,7H2,2H3,(H,14,15,16). The maximum atomic E-state index is 5.83. The number of thioether (sulfide) groups is 1. The minimum atomic E-state index is 0.713. The summed E-state index contributed by atoms with van der Waals surface area (Å²) in [7, 11) is 0. The number of hydrogen-bond donors (Lipinski definition) is 1. The highest BCUT2D eigenvalue weighted by molar-refractivity contribution is 7.99. The van der Waals surface area contributed by atoms with E-state index in [2.05, 4.69) is 21.8 Å². The molecule has 0 spiro atoms. The molecule has 0 unspecified atom stereocenters. The predicted molar refractivity (Wildman–Crippen MR) is 72.4 cm³/mol. The average Bonchev–Trinajstić information content (AvgIpc) is 2.76. The van der Waals surface area contributed by atoms with E-state index in [1.165, 1.54) is 0 Å². The highest BCUT2D eigenvalue weighted by atomic mass is 35.5. The largest absolute Gasteiger partial charge is 0.258 e. The van der Waals surface area contributed by atoms with E-state index in [1.807, 2.05) is 31.2 Å². The molecule has 0 atom stereocenters. The van der Waals surface area contributed by atoms with Crippen LogP contribution in [0.2, 0.25) is 5.02 Å². The third-order valence-corrected chi connectivity index (χ3v) is 3.36. The van der Waals surface area contributed by atoms with Gasteiger partial charge in [-0.15, -0.1) is 5.10 Å². The first kappa shape index (κ1) is 12.2. The number of nitrogens with one attached hydrogen (secondary N) is 1. The van der Waals surface area contributed by atoms with Crippen molar-refractivity contribution in [1.82, 2.24) is 15.2 Å². The fraction of sp³-hybridized carbons (Fsp3) is 0.167. The van der Waals surface area contributed by atoms with Gasteiger partial charge in [0, 0.05) is 16.3 Å². The number of nitrogens with zero attached hydrogens (tertiary/aromatic N) is 2. The molecule has 0 saturated carbocycles. The van der Waals surface area contributed by atoms with Crippen LogP contribution in [0.1, 0.15) is 6.92 Å². The molecule has 1 N–H and O–H groups in total. The molecular weight excluding hydrogens is 254 g/mol. The van der Waals surface area contributed by atoms with Gasteiger partial charge in [0.1, 0.15) is 0 Å². The maximum absolute atomic E-state index is 5.83. The van der Waals surface area contributed by atoms with E-state index in [1.54, 1.807) is 11.8 Å². The summed E-state index contributed by atoms with van der Waals surface area (Å²) >= 11 is 7.40. The molecule has 0 fully saturated rings. The van der Waals surface area contributed by atoms with Crippen LogP contribution in [0, 0.1) is 0 Å². The molecule has 2 aromatic rings. The molecule has 3 nitrogen and oxygen atoms in total. The zero-order chi connectivity index (χ0) is 12.3. The number of aromatic nitrogens is 3. The summed E-state index contributed by atoms with van der Waals surface area (Å²) in [5, 5.41) is 8.50. The first-order valence-corrected chi connectivity index (χ1v) is 6.47. The molecule has 0 amide bonds. The van der Waals surface area contributed by atoms with Crippen LogP contribution >= 0.6 is 23.4 Å². The van der Waals surface area contributed by atoms with Crippen molar-refractivity contribution in [3.63, 3.8) is 0 Å². The molecule has 1 aromatic carbocycles. The number of halogens is 1. The van der Waals surface area contributed by atoms with Crippen molar-refractivity contribution < 1.29 is 0 Å². The van der Waals surface area contributed by atoms with Gasteiger partial charge in [0.25, 0.3) is 0 Å². The van der Waals surface area contributed by atoms with Crippen LogP contribution in [0.25, 0.3) is 11.4 Å². The summed E-state index contributed by atoms with van der Waals surface area (Å²) in [4.78, 5) is 4.39. The van der Waals surface area contributed by atoms with Gasteiger partial charge < -0.3 is 0 Å². The Kier molecular flexibility index (Phi) is 3.86. The molecule has 88 valence electrons. The quantitative estimate of drug-likeness (QED) is 0.675. The SMILES string of the molecule is C=C(C)CSc1n[nH]c(-c2ccc(Cl)cc2)n1. The number of H-pyrrole nitrogens is 1. The summed E-state index contributed by atoms with van der Waals surface area (Å²) in [6.07, 6.45) is 0. The van der Waals surface area contributed by atoms with Crippen molar-refractivity contribution in [2.45, 2.75) is 12.1 Å². The van der Waals surface area contributed by atoms with Crippen LogP contribution in [0.3, 0.4) is 0 Å². The Bertz CT molecular complexity index is 519. The summed E-state index contributed by atoms with van der Waals surface area (Å²) < 4.78 is 0. The van der Waals surface area contributed by atoms with Crippen LogP contribution < -0.4 is 0 Å². The molecular formula is C12H12ClN3S. The Morgan fingerprint density at radius 2 is 2.12 bits per heavy atom. The molecule has 0 radical (unpaired) electrons. The van der Waals surface area contributed by atoms with E-state index in [0.717, 1.165) is 27.9 Å². The normalized spacial score (nSPS) is 10.5. The van der Waals surface area contributed by atoms with E-state index in [0.29, 0.717) is 5.02 Å². The zero-order valence-corrected chi connectivity index (χ0v) is 11.0. The second-order valence-corrected chi connectivity index (χ2v) is 5.10. The molecule has 0 aliphatic carbocycles. The van der Waals surface area contributed by atoms with Gasteiger partial charge >= 0.3 is 0 Å². The van der Waals surface area contributed by atoms with E-state index >= 15 is 0 Å². The van der Waals surface area contributed by atoms with Crippen molar-refractivity contribution in [3.8, 4) is 11.4 Å². The van der Waals surface area contributed by atoms with Gasteiger partial charge in [-0.2, -0.15) is 0 Å². The first-order valence-electron chi connectivity index (χ1n) is 5.10. The molecule has 0 aliphatic rings. The van der Waals surface area contributed by atoms with Gasteiger partial charge in [-0.25, -0.2) is 4.98 Å². The van der Waals surface area contributed by atoms with Crippen molar-refractivity contribution in [2.75, 3.05) is 5.75 Å². The van der Waals surface area contributed by atoms with E-state index in [9.17, 15) is 0 Å². The molecule has 0 aliphatic heterocycles. The third kappa shape index (κ3) is 3.35. The molecule has 2 rings (SSSR count). The van der Waals surface area contributed by atoms with Crippen LogP contribution in [-0.4, -0.2) is 20.9 Å². The van der Waals surface area contributed by atoms with Crippen LogP contribution in [0.4, 0.5) is 0 Å². The van der Waals surface area contributed by atoms with Crippen molar-refractivity contribution >= 4 is 23.4 Å². The van der Waals surface area contributed by atoms with Gasteiger partial charge in [0.2, 0.25) is 5.16 Å². The number of aromatic amines is 1. The average molecular weight is 266 g/mol. The Balaban J connectivity index is 2.12. The first-order chi connectivity index (χ1) is 8.15. The van der Waals surface area contributed by atoms with Crippen LogP contribution in [-0.2, 0) is 0 Å². The van der Waals surface area contributed by atoms with E-state index in [-0.39, 0.29) is 0 Å². The number of hydrogen-bond acceptors (Lipinski definition) is 3. The number of rotatable bonds is 4. The predicted octanol–water partition coefficient (Wildman–Crippen LogP) is 3.79. The van der Waals surface area contributed by atoms with Crippen molar-refractivity contribution in [1.29, 1.82) is 0 Å². The minimum Gasteiger partial charge on any atom is -0.258 e. The Labute approximate surface area is 109 Å². The summed E-state index contributed by atoms with van der Waals surface area (Å²) in [6, 6.07) is 7.49. The highest BCUT2D eigenvalue weighted by Gasteiger charge is 2.05. The molecule has 1 heterocycles. The van der Waals surface area contributed by atoms with Gasteiger partial charge in [-0.3, -0.25) is 5.10 Å². The topological polar surface area (TPSA) is 41.6 Å². The fourth-order valence-corrected chi connectivity index (χ4v) is 2.00. The van der Waals surface area contributed by atoms with Gasteiger partial charge in [0.15, 0.2) is 5.82 Å². The maximum Gasteiger partial charge on any atom is 0.209 e. The Morgan fingerprint density at radius 1 is 1.41 bits per heavy atom. The molecule has 0 bridgehead atoms. The monoisotopic (exact) mass is 265 g/mol. The Hall–Kier alpha value is -1.26. The summed E-state index contributed by atoms with van der Waals surface area (Å²) in [6.45, 7) is 5.83. The van der Waals surface area contributed by atoms with E-state index in [4.69, 9.17) is 11.6 Å². The smallest absolute Gasteiger partial charge is 0.209 e. The van der Waals surface area contributed by atoms with Crippen molar-refractivity contribution in [3.05, 3.63) is 41.4 Å². The lowest BCUT2D eigenvalue weighted by Gasteiger charge is -1.95. The molecule has 0 saturated heterocycles. The molecule has 17 heavy (non-hydrogen) atoms. The Morgan fingerprint density at radius 3 is 2.76 bits per heavy atom. The third-order valence-electron chi connectivity index (χ3n) is 2.03. The highest BCUT2D eigenvalue weighted by Crippen LogP contribution is 2.21.